The monoisotopic (exact) mass is 376 g/mol. The Morgan fingerprint density at radius 3 is 2.77 bits per heavy atom. The molecule has 0 amide bonds. The molecule has 0 aromatic heterocycles. The minimum Gasteiger partial charge on any atom is -0.293 e. The zero-order valence-corrected chi connectivity index (χ0v) is 10.8. The molecule has 0 N–H and O–H groups in total. The van der Waals surface area contributed by atoms with Crippen LogP contribution >= 0.6 is 50.1 Å². The molecule has 0 aliphatic carbocycles. The van der Waals surface area contributed by atoms with Crippen molar-refractivity contribution >= 4 is 55.9 Å². The Hall–Kier alpha value is 0.320. The largest absolute Gasteiger partial charge is 0.293 e. The lowest BCUT2D eigenvalue weighted by Gasteiger charge is -2.02. The highest BCUT2D eigenvalue weighted by Gasteiger charge is 2.14. The number of alkyl halides is 1. The summed E-state index contributed by atoms with van der Waals surface area (Å²) in [6, 6.07) is 3.03. The third-order valence-corrected chi connectivity index (χ3v) is 2.90. The van der Waals surface area contributed by atoms with Crippen LogP contribution in [0.3, 0.4) is 0 Å². The number of benzene rings is 1. The Kier molecular flexibility index (Phi) is 4.12. The number of carbonyl (C=O) groups is 1. The lowest BCUT2D eigenvalue weighted by atomic mass is 10.1. The summed E-state index contributed by atoms with van der Waals surface area (Å²) < 4.78 is 14.4. The second-order valence-electron chi connectivity index (χ2n) is 2.31. The van der Waals surface area contributed by atoms with Gasteiger partial charge in [0.1, 0.15) is 5.82 Å². The topological polar surface area (TPSA) is 17.1 Å². The maximum Gasteiger partial charge on any atom is 0.180 e. The van der Waals surface area contributed by atoms with Gasteiger partial charge in [0.25, 0.3) is 0 Å². The molecule has 0 radical (unpaired) electrons. The SMILES string of the molecule is O=C(CCl)c1cc(Br)cc(I)c1F. The van der Waals surface area contributed by atoms with Crippen molar-refractivity contribution in [2.24, 2.45) is 0 Å². The van der Waals surface area contributed by atoms with Gasteiger partial charge in [-0.05, 0) is 34.7 Å². The van der Waals surface area contributed by atoms with E-state index in [2.05, 4.69) is 15.9 Å². The molecule has 0 aliphatic rings. The molecular formula is C8H4BrClFIO. The van der Waals surface area contributed by atoms with Gasteiger partial charge < -0.3 is 0 Å². The molecule has 0 fully saturated rings. The van der Waals surface area contributed by atoms with Gasteiger partial charge in [-0.3, -0.25) is 4.79 Å². The smallest absolute Gasteiger partial charge is 0.180 e. The van der Waals surface area contributed by atoms with E-state index in [0.717, 1.165) is 0 Å². The highest BCUT2D eigenvalue weighted by Crippen LogP contribution is 2.22. The van der Waals surface area contributed by atoms with Gasteiger partial charge in [-0.2, -0.15) is 0 Å². The lowest BCUT2D eigenvalue weighted by Crippen LogP contribution is -2.05. The van der Waals surface area contributed by atoms with Crippen molar-refractivity contribution in [1.29, 1.82) is 0 Å². The van der Waals surface area contributed by atoms with E-state index in [4.69, 9.17) is 11.6 Å². The molecule has 1 rings (SSSR count). The summed E-state index contributed by atoms with van der Waals surface area (Å²) in [6.07, 6.45) is 0. The van der Waals surface area contributed by atoms with Gasteiger partial charge in [0, 0.05) is 4.47 Å². The van der Waals surface area contributed by atoms with Crippen LogP contribution in [0.5, 0.6) is 0 Å². The van der Waals surface area contributed by atoms with Crippen LogP contribution in [0.2, 0.25) is 0 Å². The van der Waals surface area contributed by atoms with Crippen molar-refractivity contribution in [3.63, 3.8) is 0 Å². The normalized spacial score (nSPS) is 10.2. The van der Waals surface area contributed by atoms with Crippen molar-refractivity contribution in [3.8, 4) is 0 Å². The molecule has 1 aromatic rings. The number of rotatable bonds is 2. The number of hydrogen-bond donors (Lipinski definition) is 0. The molecule has 0 bridgehead atoms. The zero-order chi connectivity index (χ0) is 10.0. The minimum absolute atomic E-state index is 0.0359. The van der Waals surface area contributed by atoms with Crippen LogP contribution in [0, 0.1) is 9.39 Å². The molecule has 0 atom stereocenters. The predicted molar refractivity (Wildman–Crippen MR) is 61.9 cm³/mol. The third-order valence-electron chi connectivity index (χ3n) is 1.41. The van der Waals surface area contributed by atoms with Gasteiger partial charge in [-0.15, -0.1) is 11.6 Å². The van der Waals surface area contributed by atoms with E-state index in [-0.39, 0.29) is 11.4 Å². The molecule has 5 heteroatoms. The Morgan fingerprint density at radius 2 is 2.23 bits per heavy atom. The first-order chi connectivity index (χ1) is 6.06. The summed E-state index contributed by atoms with van der Waals surface area (Å²) in [6.45, 7) is 0. The summed E-state index contributed by atoms with van der Waals surface area (Å²) in [5, 5.41) is 0. The number of Topliss-reactive ketones (excluding diaryl/α,β-unsaturated/α-hetero) is 1. The summed E-state index contributed by atoms with van der Waals surface area (Å²) in [5.41, 5.74) is 0.0359. The zero-order valence-electron chi connectivity index (χ0n) is 6.28. The molecule has 13 heavy (non-hydrogen) atoms. The summed E-state index contributed by atoms with van der Waals surface area (Å²) >= 11 is 10.3. The van der Waals surface area contributed by atoms with Gasteiger partial charge in [-0.25, -0.2) is 4.39 Å². The molecule has 0 aliphatic heterocycles. The first kappa shape index (κ1) is 11.4. The number of hydrogen-bond acceptors (Lipinski definition) is 1. The summed E-state index contributed by atoms with van der Waals surface area (Å²) in [7, 11) is 0. The summed E-state index contributed by atoms with van der Waals surface area (Å²) in [4.78, 5) is 11.1. The Bertz CT molecular complexity index is 356. The van der Waals surface area contributed by atoms with E-state index < -0.39 is 11.6 Å². The molecule has 1 nitrogen and oxygen atoms in total. The maximum atomic E-state index is 13.3. The van der Waals surface area contributed by atoms with Crippen molar-refractivity contribution in [3.05, 3.63) is 31.6 Å². The van der Waals surface area contributed by atoms with Crippen LogP contribution < -0.4 is 0 Å². The van der Waals surface area contributed by atoms with Crippen LogP contribution in [0.25, 0.3) is 0 Å². The second-order valence-corrected chi connectivity index (χ2v) is 4.65. The van der Waals surface area contributed by atoms with Gasteiger partial charge in [0.15, 0.2) is 5.78 Å². The Morgan fingerprint density at radius 1 is 1.62 bits per heavy atom. The molecular weight excluding hydrogens is 373 g/mol. The molecule has 0 unspecified atom stereocenters. The van der Waals surface area contributed by atoms with Gasteiger partial charge in [0.05, 0.1) is 15.0 Å². The molecule has 0 spiro atoms. The number of halogens is 4. The van der Waals surface area contributed by atoms with Crippen molar-refractivity contribution in [2.45, 2.75) is 0 Å². The van der Waals surface area contributed by atoms with Crippen LogP contribution in [-0.4, -0.2) is 11.7 Å². The highest BCUT2D eigenvalue weighted by molar-refractivity contribution is 14.1. The summed E-state index contributed by atoms with van der Waals surface area (Å²) in [5.74, 6) is -1.11. The van der Waals surface area contributed by atoms with Crippen molar-refractivity contribution in [2.75, 3.05) is 5.88 Å². The van der Waals surface area contributed by atoms with Crippen LogP contribution in [-0.2, 0) is 0 Å². The van der Waals surface area contributed by atoms with E-state index >= 15 is 0 Å². The van der Waals surface area contributed by atoms with E-state index in [1.54, 1.807) is 6.07 Å². The molecule has 70 valence electrons. The average Bonchev–Trinajstić information content (AvgIpc) is 2.10. The van der Waals surface area contributed by atoms with E-state index in [9.17, 15) is 9.18 Å². The predicted octanol–water partition coefficient (Wildman–Crippen LogP) is 3.61. The fourth-order valence-electron chi connectivity index (χ4n) is 0.831. The average molecular weight is 377 g/mol. The van der Waals surface area contributed by atoms with Crippen molar-refractivity contribution < 1.29 is 9.18 Å². The molecule has 0 saturated heterocycles. The highest BCUT2D eigenvalue weighted by atomic mass is 127. The second kappa shape index (κ2) is 4.70. The van der Waals surface area contributed by atoms with Gasteiger partial charge >= 0.3 is 0 Å². The quantitative estimate of drug-likeness (QED) is 0.333. The maximum absolute atomic E-state index is 13.3. The minimum atomic E-state index is -0.505. The van der Waals surface area contributed by atoms with Gasteiger partial charge in [0.2, 0.25) is 0 Å². The Labute approximate surface area is 102 Å². The van der Waals surface area contributed by atoms with Crippen LogP contribution in [0.15, 0.2) is 16.6 Å². The van der Waals surface area contributed by atoms with Crippen LogP contribution in [0.4, 0.5) is 4.39 Å². The van der Waals surface area contributed by atoms with E-state index in [0.29, 0.717) is 8.04 Å². The van der Waals surface area contributed by atoms with E-state index in [1.807, 2.05) is 22.6 Å². The van der Waals surface area contributed by atoms with Gasteiger partial charge in [-0.1, -0.05) is 15.9 Å². The fourth-order valence-corrected chi connectivity index (χ4v) is 2.49. The first-order valence-corrected chi connectivity index (χ1v) is 5.70. The fraction of sp³-hybridized carbons (Fsp3) is 0.125. The lowest BCUT2D eigenvalue weighted by molar-refractivity contribution is 0.101. The number of ketones is 1. The Balaban J connectivity index is 3.28. The molecule has 0 heterocycles. The van der Waals surface area contributed by atoms with E-state index in [1.165, 1.54) is 6.07 Å². The molecule has 1 aromatic carbocycles. The van der Waals surface area contributed by atoms with Crippen molar-refractivity contribution in [1.82, 2.24) is 0 Å². The number of carbonyl (C=O) groups excluding carboxylic acids is 1. The van der Waals surface area contributed by atoms with Crippen LogP contribution in [0.1, 0.15) is 10.4 Å². The molecule has 0 saturated carbocycles. The standard InChI is InChI=1S/C8H4BrClFIO/c9-4-1-5(7(13)3-10)8(11)6(12)2-4/h1-2H,3H2. The third kappa shape index (κ3) is 2.63. The first-order valence-electron chi connectivity index (χ1n) is 3.30.